The molecule has 1 aromatic rings. The molecule has 0 aliphatic heterocycles. The van der Waals surface area contributed by atoms with E-state index in [0.717, 1.165) is 5.92 Å². The van der Waals surface area contributed by atoms with Gasteiger partial charge in [0.2, 0.25) is 0 Å². The topological polar surface area (TPSA) is 12.0 Å². The number of hydrogen-bond donors (Lipinski definition) is 1. The zero-order valence-corrected chi connectivity index (χ0v) is 12.1. The lowest BCUT2D eigenvalue weighted by atomic mass is 9.96. The molecule has 0 heterocycles. The second kappa shape index (κ2) is 6.38. The van der Waals surface area contributed by atoms with Crippen LogP contribution in [0.15, 0.2) is 18.2 Å². The van der Waals surface area contributed by atoms with Crippen molar-refractivity contribution < 1.29 is 0 Å². The first kappa shape index (κ1) is 13.6. The molecule has 1 N–H and O–H groups in total. The fraction of sp³-hybridized carbons (Fsp3) is 0.647. The van der Waals surface area contributed by atoms with E-state index in [1.54, 1.807) is 11.1 Å². The van der Waals surface area contributed by atoms with Gasteiger partial charge in [-0.2, -0.15) is 0 Å². The summed E-state index contributed by atoms with van der Waals surface area (Å²) in [5.74, 6) is 0.780. The average molecular weight is 245 g/mol. The lowest BCUT2D eigenvalue weighted by Crippen LogP contribution is -2.27. The Hall–Kier alpha value is -0.820. The van der Waals surface area contributed by atoms with Crippen molar-refractivity contribution in [2.75, 3.05) is 7.05 Å². The summed E-state index contributed by atoms with van der Waals surface area (Å²) in [6.07, 6.45) is 7.69. The van der Waals surface area contributed by atoms with Crippen LogP contribution in [0.1, 0.15) is 49.8 Å². The van der Waals surface area contributed by atoms with Crippen LogP contribution in [0.4, 0.5) is 0 Å². The second-order valence-corrected chi connectivity index (χ2v) is 6.11. The van der Waals surface area contributed by atoms with Crippen LogP contribution in [0.2, 0.25) is 0 Å². The smallest absolute Gasteiger partial charge is 0.00696 e. The van der Waals surface area contributed by atoms with Gasteiger partial charge in [-0.1, -0.05) is 32.0 Å². The van der Waals surface area contributed by atoms with E-state index in [1.807, 2.05) is 0 Å². The number of hydrogen-bond acceptors (Lipinski definition) is 1. The van der Waals surface area contributed by atoms with Crippen LogP contribution in [0, 0.1) is 5.92 Å². The number of rotatable bonds is 6. The second-order valence-electron chi connectivity index (χ2n) is 6.11. The van der Waals surface area contributed by atoms with Crippen LogP contribution in [0.25, 0.3) is 0 Å². The van der Waals surface area contributed by atoms with Gasteiger partial charge in [0.05, 0.1) is 0 Å². The van der Waals surface area contributed by atoms with Crippen molar-refractivity contribution in [3.05, 3.63) is 34.9 Å². The number of benzene rings is 1. The first-order chi connectivity index (χ1) is 8.69. The van der Waals surface area contributed by atoms with E-state index >= 15 is 0 Å². The largest absolute Gasteiger partial charge is 0.317 e. The van der Waals surface area contributed by atoms with Crippen molar-refractivity contribution in [3.63, 3.8) is 0 Å². The molecule has 1 nitrogen and oxygen atoms in total. The number of aryl methyl sites for hydroxylation is 3. The third-order valence-corrected chi connectivity index (χ3v) is 4.11. The highest BCUT2D eigenvalue weighted by Crippen LogP contribution is 2.23. The summed E-state index contributed by atoms with van der Waals surface area (Å²) in [4.78, 5) is 0. The van der Waals surface area contributed by atoms with Crippen LogP contribution in [-0.2, 0) is 19.3 Å². The molecule has 100 valence electrons. The Morgan fingerprint density at radius 1 is 1.17 bits per heavy atom. The van der Waals surface area contributed by atoms with Crippen molar-refractivity contribution in [2.45, 2.75) is 58.4 Å². The minimum atomic E-state index is 0.665. The first-order valence-corrected chi connectivity index (χ1v) is 7.47. The molecule has 1 atom stereocenters. The van der Waals surface area contributed by atoms with Crippen molar-refractivity contribution in [3.8, 4) is 0 Å². The Morgan fingerprint density at radius 3 is 2.67 bits per heavy atom. The average Bonchev–Trinajstić information content (AvgIpc) is 2.81. The normalized spacial score (nSPS) is 16.0. The minimum absolute atomic E-state index is 0.665. The summed E-state index contributed by atoms with van der Waals surface area (Å²) in [6, 6.07) is 7.81. The molecule has 1 unspecified atom stereocenters. The van der Waals surface area contributed by atoms with Gasteiger partial charge >= 0.3 is 0 Å². The fourth-order valence-electron chi connectivity index (χ4n) is 3.07. The van der Waals surface area contributed by atoms with Gasteiger partial charge in [-0.05, 0) is 68.2 Å². The molecule has 2 rings (SSSR count). The van der Waals surface area contributed by atoms with E-state index < -0.39 is 0 Å². The highest BCUT2D eigenvalue weighted by molar-refractivity contribution is 5.35. The Kier molecular flexibility index (Phi) is 4.82. The van der Waals surface area contributed by atoms with Crippen molar-refractivity contribution in [1.82, 2.24) is 5.32 Å². The van der Waals surface area contributed by atoms with Crippen LogP contribution >= 0.6 is 0 Å². The third kappa shape index (κ3) is 3.58. The van der Waals surface area contributed by atoms with Crippen molar-refractivity contribution in [1.29, 1.82) is 0 Å². The van der Waals surface area contributed by atoms with E-state index in [-0.39, 0.29) is 0 Å². The highest BCUT2D eigenvalue weighted by Gasteiger charge is 2.12. The Bertz CT molecular complexity index is 381. The maximum atomic E-state index is 3.46. The van der Waals surface area contributed by atoms with Gasteiger partial charge in [-0.3, -0.25) is 0 Å². The van der Waals surface area contributed by atoms with Gasteiger partial charge < -0.3 is 5.32 Å². The maximum Gasteiger partial charge on any atom is 0.00696 e. The fourth-order valence-corrected chi connectivity index (χ4v) is 3.07. The van der Waals surface area contributed by atoms with Crippen molar-refractivity contribution >= 4 is 0 Å². The zero-order chi connectivity index (χ0) is 13.0. The van der Waals surface area contributed by atoms with E-state index in [4.69, 9.17) is 0 Å². The molecule has 0 saturated heterocycles. The summed E-state index contributed by atoms with van der Waals surface area (Å²) < 4.78 is 0. The summed E-state index contributed by atoms with van der Waals surface area (Å²) in [5, 5.41) is 3.46. The molecule has 1 heteroatoms. The predicted octanol–water partition coefficient (Wildman–Crippen LogP) is 3.74. The third-order valence-electron chi connectivity index (χ3n) is 4.11. The Morgan fingerprint density at radius 2 is 1.94 bits per heavy atom. The molecule has 0 fully saturated rings. The van der Waals surface area contributed by atoms with Crippen LogP contribution in [0.3, 0.4) is 0 Å². The minimum Gasteiger partial charge on any atom is -0.317 e. The number of nitrogens with one attached hydrogen (secondary N) is 1. The van der Waals surface area contributed by atoms with Crippen LogP contribution < -0.4 is 5.32 Å². The van der Waals surface area contributed by atoms with Gasteiger partial charge in [-0.25, -0.2) is 0 Å². The van der Waals surface area contributed by atoms with E-state index in [0.29, 0.717) is 6.04 Å². The molecule has 1 aromatic carbocycles. The first-order valence-electron chi connectivity index (χ1n) is 7.47. The monoisotopic (exact) mass is 245 g/mol. The van der Waals surface area contributed by atoms with Crippen molar-refractivity contribution in [2.24, 2.45) is 5.92 Å². The standard InChI is InChI=1S/C17H27N/c1-13(2)11-17(18-3)10-8-14-7-9-15-5-4-6-16(15)12-14/h7,9,12-13,17-18H,4-6,8,10-11H2,1-3H3. The molecule has 0 aromatic heterocycles. The Labute approximate surface area is 112 Å². The Balaban J connectivity index is 1.89. The summed E-state index contributed by atoms with van der Waals surface area (Å²) in [5.41, 5.74) is 4.73. The molecular weight excluding hydrogens is 218 g/mol. The van der Waals surface area contributed by atoms with Gasteiger partial charge in [0.15, 0.2) is 0 Å². The lowest BCUT2D eigenvalue weighted by molar-refractivity contribution is 0.422. The van der Waals surface area contributed by atoms with Gasteiger partial charge in [0.1, 0.15) is 0 Å². The van der Waals surface area contributed by atoms with Crippen LogP contribution in [-0.4, -0.2) is 13.1 Å². The van der Waals surface area contributed by atoms with Gasteiger partial charge in [-0.15, -0.1) is 0 Å². The van der Waals surface area contributed by atoms with Crippen LogP contribution in [0.5, 0.6) is 0 Å². The molecule has 0 saturated carbocycles. The zero-order valence-electron chi connectivity index (χ0n) is 12.1. The lowest BCUT2D eigenvalue weighted by Gasteiger charge is -2.18. The maximum absolute atomic E-state index is 3.46. The molecular formula is C17H27N. The van der Waals surface area contributed by atoms with E-state index in [1.165, 1.54) is 44.1 Å². The predicted molar refractivity (Wildman–Crippen MR) is 79.1 cm³/mol. The molecule has 1 aliphatic rings. The van der Waals surface area contributed by atoms with E-state index in [9.17, 15) is 0 Å². The SMILES string of the molecule is CNC(CCc1ccc2c(c1)CCC2)CC(C)C. The van der Waals surface area contributed by atoms with Gasteiger partial charge in [0.25, 0.3) is 0 Å². The summed E-state index contributed by atoms with van der Waals surface area (Å²) in [7, 11) is 2.09. The van der Waals surface area contributed by atoms with Gasteiger partial charge in [0, 0.05) is 6.04 Å². The molecule has 1 aliphatic carbocycles. The molecule has 0 bridgehead atoms. The summed E-state index contributed by atoms with van der Waals surface area (Å²) in [6.45, 7) is 4.61. The highest BCUT2D eigenvalue weighted by atomic mass is 14.9. The summed E-state index contributed by atoms with van der Waals surface area (Å²) >= 11 is 0. The molecule has 0 spiro atoms. The molecule has 0 amide bonds. The molecule has 0 radical (unpaired) electrons. The number of fused-ring (bicyclic) bond motifs is 1. The quantitative estimate of drug-likeness (QED) is 0.805. The van der Waals surface area contributed by atoms with E-state index in [2.05, 4.69) is 44.4 Å². The molecule has 18 heavy (non-hydrogen) atoms.